The Balaban J connectivity index is 2.03. The predicted molar refractivity (Wildman–Crippen MR) is 62.4 cm³/mol. The number of guanidine groups is 1. The number of amides is 3. The third-order valence-electron chi connectivity index (χ3n) is 3.24. The minimum atomic E-state index is -0.743. The van der Waals surface area contributed by atoms with Crippen molar-refractivity contribution in [2.75, 3.05) is 27.2 Å². The van der Waals surface area contributed by atoms with Crippen LogP contribution in [0.3, 0.4) is 0 Å². The zero-order chi connectivity index (χ0) is 12.6. The number of hydrogen-bond donors (Lipinski definition) is 2. The van der Waals surface area contributed by atoms with Crippen molar-refractivity contribution in [3.63, 3.8) is 0 Å². The summed E-state index contributed by atoms with van der Waals surface area (Å²) in [5.41, 5.74) is 4.76. The molecule has 3 N–H and O–H groups in total. The molecule has 0 aliphatic carbocycles. The van der Waals surface area contributed by atoms with E-state index in [1.165, 1.54) is 4.90 Å². The molecule has 2 heterocycles. The molecule has 2 aliphatic heterocycles. The molecule has 94 valence electrons. The van der Waals surface area contributed by atoms with Crippen molar-refractivity contribution in [1.29, 1.82) is 0 Å². The largest absolute Gasteiger partial charge is 0.370 e. The standard InChI is InChI=1S/C10H17N5O2/c1-14(2)9(17)15-5-3-10(4-6-15)7(16)12-8(11)13-10/h3-6H2,1-2H3,(H3,11,12,13,16). The van der Waals surface area contributed by atoms with Crippen LogP contribution in [0.2, 0.25) is 0 Å². The van der Waals surface area contributed by atoms with Crippen LogP contribution in [0.1, 0.15) is 12.8 Å². The van der Waals surface area contributed by atoms with E-state index in [-0.39, 0.29) is 17.9 Å². The number of rotatable bonds is 0. The Morgan fingerprint density at radius 1 is 1.47 bits per heavy atom. The Bertz CT molecular complexity index is 382. The molecule has 7 heteroatoms. The SMILES string of the molecule is CN(C)C(=O)N1CCC2(CC1)N=C(N)NC2=O. The van der Waals surface area contributed by atoms with Gasteiger partial charge in [-0.2, -0.15) is 0 Å². The van der Waals surface area contributed by atoms with Gasteiger partial charge in [-0.3, -0.25) is 10.1 Å². The normalized spacial score (nSPS) is 22.4. The van der Waals surface area contributed by atoms with Crippen LogP contribution in [-0.4, -0.2) is 60.4 Å². The lowest BCUT2D eigenvalue weighted by molar-refractivity contribution is -0.125. The summed E-state index contributed by atoms with van der Waals surface area (Å²) in [4.78, 5) is 30.9. The molecule has 0 radical (unpaired) electrons. The first-order valence-electron chi connectivity index (χ1n) is 5.58. The highest BCUT2D eigenvalue weighted by molar-refractivity contribution is 6.06. The number of hydrogen-bond acceptors (Lipinski definition) is 4. The van der Waals surface area contributed by atoms with Crippen molar-refractivity contribution < 1.29 is 9.59 Å². The lowest BCUT2D eigenvalue weighted by Gasteiger charge is -2.36. The molecule has 0 bridgehead atoms. The van der Waals surface area contributed by atoms with E-state index < -0.39 is 5.54 Å². The zero-order valence-corrected chi connectivity index (χ0v) is 10.1. The van der Waals surface area contributed by atoms with Crippen molar-refractivity contribution >= 4 is 17.9 Å². The van der Waals surface area contributed by atoms with Crippen molar-refractivity contribution in [3.05, 3.63) is 0 Å². The van der Waals surface area contributed by atoms with E-state index in [0.717, 1.165) is 0 Å². The molecular formula is C10H17N5O2. The number of nitrogens with two attached hydrogens (primary N) is 1. The fourth-order valence-electron chi connectivity index (χ4n) is 2.23. The van der Waals surface area contributed by atoms with Crippen LogP contribution in [0.4, 0.5) is 4.79 Å². The van der Waals surface area contributed by atoms with Gasteiger partial charge in [0.25, 0.3) is 5.91 Å². The Morgan fingerprint density at radius 2 is 2.06 bits per heavy atom. The van der Waals surface area contributed by atoms with Gasteiger partial charge in [0.05, 0.1) is 0 Å². The molecule has 2 rings (SSSR count). The maximum Gasteiger partial charge on any atom is 0.319 e. The van der Waals surface area contributed by atoms with E-state index in [1.807, 2.05) is 0 Å². The minimum Gasteiger partial charge on any atom is -0.370 e. The van der Waals surface area contributed by atoms with Crippen LogP contribution in [-0.2, 0) is 4.79 Å². The van der Waals surface area contributed by atoms with E-state index in [1.54, 1.807) is 19.0 Å². The van der Waals surface area contributed by atoms with Crippen LogP contribution in [0.25, 0.3) is 0 Å². The number of piperidine rings is 1. The maximum absolute atomic E-state index is 11.8. The fraction of sp³-hybridized carbons (Fsp3) is 0.700. The third-order valence-corrected chi connectivity index (χ3v) is 3.24. The molecule has 0 aromatic rings. The summed E-state index contributed by atoms with van der Waals surface area (Å²) in [6.07, 6.45) is 1.05. The lowest BCUT2D eigenvalue weighted by atomic mass is 9.88. The van der Waals surface area contributed by atoms with Gasteiger partial charge in [0.2, 0.25) is 0 Å². The second kappa shape index (κ2) is 3.90. The molecule has 2 aliphatic rings. The number of nitrogens with zero attached hydrogens (tertiary/aromatic N) is 3. The first-order chi connectivity index (χ1) is 7.94. The van der Waals surface area contributed by atoms with Crippen molar-refractivity contribution in [2.24, 2.45) is 10.7 Å². The van der Waals surface area contributed by atoms with E-state index in [0.29, 0.717) is 25.9 Å². The average molecular weight is 239 g/mol. The van der Waals surface area contributed by atoms with Gasteiger partial charge in [-0.15, -0.1) is 0 Å². The van der Waals surface area contributed by atoms with Crippen molar-refractivity contribution in [1.82, 2.24) is 15.1 Å². The van der Waals surface area contributed by atoms with Gasteiger partial charge < -0.3 is 15.5 Å². The molecule has 1 fully saturated rings. The van der Waals surface area contributed by atoms with E-state index in [9.17, 15) is 9.59 Å². The number of likely N-dealkylation sites (tertiary alicyclic amines) is 1. The molecule has 0 atom stereocenters. The molecule has 17 heavy (non-hydrogen) atoms. The maximum atomic E-state index is 11.8. The summed E-state index contributed by atoms with van der Waals surface area (Å²) in [7, 11) is 3.43. The van der Waals surface area contributed by atoms with E-state index in [2.05, 4.69) is 10.3 Å². The summed E-state index contributed by atoms with van der Waals surface area (Å²) in [6, 6.07) is -0.0322. The fourth-order valence-corrected chi connectivity index (χ4v) is 2.23. The summed E-state index contributed by atoms with van der Waals surface area (Å²) in [5, 5.41) is 2.52. The molecule has 0 unspecified atom stereocenters. The quantitative estimate of drug-likeness (QED) is 0.565. The molecule has 0 saturated carbocycles. The van der Waals surface area contributed by atoms with Crippen molar-refractivity contribution in [2.45, 2.75) is 18.4 Å². The molecule has 0 aromatic carbocycles. The molecule has 3 amide bonds. The van der Waals surface area contributed by atoms with E-state index in [4.69, 9.17) is 5.73 Å². The average Bonchev–Trinajstić information content (AvgIpc) is 2.54. The summed E-state index contributed by atoms with van der Waals surface area (Å²) in [5.74, 6) is 0.0364. The third kappa shape index (κ3) is 1.92. The molecular weight excluding hydrogens is 222 g/mol. The summed E-state index contributed by atoms with van der Waals surface area (Å²) < 4.78 is 0. The van der Waals surface area contributed by atoms with Crippen LogP contribution in [0.5, 0.6) is 0 Å². The number of aliphatic imine (C=N–C) groups is 1. The van der Waals surface area contributed by atoms with Gasteiger partial charge >= 0.3 is 6.03 Å². The highest BCUT2D eigenvalue weighted by Crippen LogP contribution is 2.29. The van der Waals surface area contributed by atoms with Crippen molar-refractivity contribution in [3.8, 4) is 0 Å². The smallest absolute Gasteiger partial charge is 0.319 e. The van der Waals surface area contributed by atoms with Gasteiger partial charge in [-0.25, -0.2) is 9.79 Å². The highest BCUT2D eigenvalue weighted by atomic mass is 16.2. The Morgan fingerprint density at radius 3 is 2.47 bits per heavy atom. The van der Waals surface area contributed by atoms with Gasteiger partial charge in [-0.1, -0.05) is 0 Å². The predicted octanol–water partition coefficient (Wildman–Crippen LogP) is -1.05. The van der Waals surface area contributed by atoms with Gasteiger partial charge in [0, 0.05) is 27.2 Å². The van der Waals surface area contributed by atoms with E-state index >= 15 is 0 Å². The number of carbonyl (C=O) groups excluding carboxylic acids is 2. The second-order valence-electron chi connectivity index (χ2n) is 4.65. The molecule has 1 spiro atoms. The van der Waals surface area contributed by atoms with Gasteiger partial charge in [0.1, 0.15) is 5.54 Å². The van der Waals surface area contributed by atoms with Crippen LogP contribution >= 0.6 is 0 Å². The van der Waals surface area contributed by atoms with Crippen LogP contribution in [0.15, 0.2) is 4.99 Å². The number of carbonyl (C=O) groups is 2. The first-order valence-corrected chi connectivity index (χ1v) is 5.58. The van der Waals surface area contributed by atoms with Crippen LogP contribution in [0, 0.1) is 0 Å². The monoisotopic (exact) mass is 239 g/mol. The first kappa shape index (κ1) is 11.7. The summed E-state index contributed by atoms with van der Waals surface area (Å²) >= 11 is 0. The minimum absolute atomic E-state index is 0.0322. The lowest BCUT2D eigenvalue weighted by Crippen LogP contribution is -2.52. The van der Waals surface area contributed by atoms with Gasteiger partial charge in [-0.05, 0) is 12.8 Å². The Hall–Kier alpha value is -1.79. The van der Waals surface area contributed by atoms with Crippen LogP contribution < -0.4 is 11.1 Å². The molecule has 7 nitrogen and oxygen atoms in total. The van der Waals surface area contributed by atoms with Gasteiger partial charge in [0.15, 0.2) is 5.96 Å². The number of urea groups is 1. The Labute approximate surface area is 99.6 Å². The molecule has 0 aromatic heterocycles. The second-order valence-corrected chi connectivity index (χ2v) is 4.65. The topological polar surface area (TPSA) is 91.0 Å². The number of nitrogens with one attached hydrogen (secondary N) is 1. The zero-order valence-electron chi connectivity index (χ0n) is 10.1. The summed E-state index contributed by atoms with van der Waals surface area (Å²) in [6.45, 7) is 1.06. The molecule has 1 saturated heterocycles. The highest BCUT2D eigenvalue weighted by Gasteiger charge is 2.46. The Kier molecular flexibility index (Phi) is 2.68.